The van der Waals surface area contributed by atoms with Crippen molar-refractivity contribution in [3.8, 4) is 11.4 Å². The highest BCUT2D eigenvalue weighted by atomic mass is 32.2. The lowest BCUT2D eigenvalue weighted by molar-refractivity contribution is 0.102. The summed E-state index contributed by atoms with van der Waals surface area (Å²) in [6.07, 6.45) is 1.45. The molecule has 3 aromatic carbocycles. The number of ether oxygens (including phenoxy) is 1. The van der Waals surface area contributed by atoms with Gasteiger partial charge in [0, 0.05) is 18.3 Å². The SMILES string of the molecule is COc1ccccc1N(C)S(=O)(=O)c1ccc(C(=O)Nc2cccc(-n3cnnn3)c2)cc1. The zero-order valence-electron chi connectivity index (χ0n) is 17.8. The molecule has 10 nitrogen and oxygen atoms in total. The fourth-order valence-corrected chi connectivity index (χ4v) is 4.37. The van der Waals surface area contributed by atoms with Crippen LogP contribution in [-0.2, 0) is 10.0 Å². The zero-order chi connectivity index (χ0) is 23.4. The van der Waals surface area contributed by atoms with Crippen LogP contribution in [0, 0.1) is 0 Å². The summed E-state index contributed by atoms with van der Waals surface area (Å²) in [6, 6.07) is 19.5. The molecule has 4 aromatic rings. The summed E-state index contributed by atoms with van der Waals surface area (Å²) in [4.78, 5) is 12.7. The van der Waals surface area contributed by atoms with E-state index in [1.807, 2.05) is 0 Å². The Kier molecular flexibility index (Phi) is 6.05. The molecule has 1 heterocycles. The van der Waals surface area contributed by atoms with Gasteiger partial charge in [0.1, 0.15) is 12.1 Å². The molecule has 0 atom stereocenters. The van der Waals surface area contributed by atoms with Crippen LogP contribution in [0.25, 0.3) is 5.69 Å². The van der Waals surface area contributed by atoms with Gasteiger partial charge in [0.25, 0.3) is 15.9 Å². The number of hydrogen-bond acceptors (Lipinski definition) is 7. The lowest BCUT2D eigenvalue weighted by Gasteiger charge is -2.21. The molecule has 4 rings (SSSR count). The minimum absolute atomic E-state index is 0.0492. The summed E-state index contributed by atoms with van der Waals surface area (Å²) in [5.74, 6) is 0.0503. The minimum atomic E-state index is -3.86. The van der Waals surface area contributed by atoms with Crippen LogP contribution in [0.1, 0.15) is 10.4 Å². The first-order chi connectivity index (χ1) is 15.9. The topological polar surface area (TPSA) is 119 Å². The summed E-state index contributed by atoms with van der Waals surface area (Å²) in [7, 11) is -0.929. The van der Waals surface area contributed by atoms with Gasteiger partial charge in [-0.25, -0.2) is 13.1 Å². The third kappa shape index (κ3) is 4.53. The Balaban J connectivity index is 1.52. The maximum Gasteiger partial charge on any atom is 0.264 e. The number of anilines is 2. The normalized spacial score (nSPS) is 11.1. The van der Waals surface area contributed by atoms with Gasteiger partial charge in [0.2, 0.25) is 0 Å². The predicted molar refractivity (Wildman–Crippen MR) is 122 cm³/mol. The second kappa shape index (κ2) is 9.09. The van der Waals surface area contributed by atoms with E-state index in [0.29, 0.717) is 28.4 Å². The van der Waals surface area contributed by atoms with E-state index in [2.05, 4.69) is 20.8 Å². The van der Waals surface area contributed by atoms with Crippen LogP contribution < -0.4 is 14.4 Å². The summed E-state index contributed by atoms with van der Waals surface area (Å²) in [6.45, 7) is 0. The van der Waals surface area contributed by atoms with Crippen LogP contribution in [0.3, 0.4) is 0 Å². The average molecular weight is 465 g/mol. The molecule has 0 saturated carbocycles. The van der Waals surface area contributed by atoms with Crippen LogP contribution in [0.5, 0.6) is 5.75 Å². The van der Waals surface area contributed by atoms with Gasteiger partial charge in [-0.2, -0.15) is 0 Å². The second-order valence-electron chi connectivity index (χ2n) is 6.93. The number of hydrogen-bond donors (Lipinski definition) is 1. The third-order valence-electron chi connectivity index (χ3n) is 4.92. The van der Waals surface area contributed by atoms with E-state index in [0.717, 1.165) is 4.31 Å². The smallest absolute Gasteiger partial charge is 0.264 e. The van der Waals surface area contributed by atoms with Crippen LogP contribution in [-0.4, -0.2) is 48.7 Å². The van der Waals surface area contributed by atoms with Crippen molar-refractivity contribution in [3.05, 3.63) is 84.7 Å². The molecule has 168 valence electrons. The Labute approximate surface area is 190 Å². The van der Waals surface area contributed by atoms with E-state index in [1.54, 1.807) is 48.5 Å². The molecular weight excluding hydrogens is 444 g/mol. The van der Waals surface area contributed by atoms with Gasteiger partial charge in [-0.3, -0.25) is 9.10 Å². The third-order valence-corrected chi connectivity index (χ3v) is 6.70. The molecule has 0 spiro atoms. The second-order valence-corrected chi connectivity index (χ2v) is 8.90. The van der Waals surface area contributed by atoms with Gasteiger partial charge in [-0.15, -0.1) is 5.10 Å². The molecule has 1 aromatic heterocycles. The summed E-state index contributed by atoms with van der Waals surface area (Å²) < 4.78 is 34.0. The number of carbonyl (C=O) groups excluding carboxylic acids is 1. The summed E-state index contributed by atoms with van der Waals surface area (Å²) >= 11 is 0. The summed E-state index contributed by atoms with van der Waals surface area (Å²) in [5.41, 5.74) is 1.94. The lowest BCUT2D eigenvalue weighted by atomic mass is 10.2. The van der Waals surface area contributed by atoms with E-state index in [4.69, 9.17) is 4.74 Å². The van der Waals surface area contributed by atoms with E-state index < -0.39 is 10.0 Å². The highest BCUT2D eigenvalue weighted by Gasteiger charge is 2.24. The van der Waals surface area contributed by atoms with Crippen LogP contribution in [0.2, 0.25) is 0 Å². The Morgan fingerprint density at radius 2 is 1.79 bits per heavy atom. The monoisotopic (exact) mass is 464 g/mol. The first kappa shape index (κ1) is 22.0. The van der Waals surface area contributed by atoms with Crippen molar-refractivity contribution in [2.45, 2.75) is 4.90 Å². The molecule has 0 aliphatic rings. The molecule has 1 N–H and O–H groups in total. The highest BCUT2D eigenvalue weighted by Crippen LogP contribution is 2.30. The molecule has 0 bridgehead atoms. The quantitative estimate of drug-likeness (QED) is 0.447. The van der Waals surface area contributed by atoms with Crippen molar-refractivity contribution in [1.82, 2.24) is 20.2 Å². The van der Waals surface area contributed by atoms with E-state index in [1.165, 1.54) is 49.4 Å². The summed E-state index contributed by atoms with van der Waals surface area (Å²) in [5, 5.41) is 13.8. The molecule has 0 aliphatic carbocycles. The number of benzene rings is 3. The van der Waals surface area contributed by atoms with Gasteiger partial charge in [0.15, 0.2) is 0 Å². The highest BCUT2D eigenvalue weighted by molar-refractivity contribution is 7.92. The molecule has 11 heteroatoms. The standard InChI is InChI=1S/C22H20N6O4S/c1-27(20-8-3-4-9-21(20)32-2)33(30,31)19-12-10-16(11-13-19)22(29)24-17-6-5-7-18(14-17)28-15-23-25-26-28/h3-15H,1-2H3,(H,24,29). The van der Waals surface area contributed by atoms with Crippen molar-refractivity contribution in [2.24, 2.45) is 0 Å². The fourth-order valence-electron chi connectivity index (χ4n) is 3.16. The number of aromatic nitrogens is 4. The van der Waals surface area contributed by atoms with Crippen molar-refractivity contribution < 1.29 is 17.9 Å². The van der Waals surface area contributed by atoms with E-state index in [-0.39, 0.29) is 10.8 Å². The van der Waals surface area contributed by atoms with Crippen LogP contribution in [0.15, 0.2) is 84.0 Å². The number of amides is 1. The van der Waals surface area contributed by atoms with Crippen molar-refractivity contribution >= 4 is 27.3 Å². The Bertz CT molecular complexity index is 1370. The lowest BCUT2D eigenvalue weighted by Crippen LogP contribution is -2.27. The molecule has 33 heavy (non-hydrogen) atoms. The maximum absolute atomic E-state index is 13.1. The van der Waals surface area contributed by atoms with Gasteiger partial charge < -0.3 is 10.1 Å². The number of nitrogens with zero attached hydrogens (tertiary/aromatic N) is 5. The molecule has 0 saturated heterocycles. The number of nitrogens with one attached hydrogen (secondary N) is 1. The van der Waals surface area contributed by atoms with Gasteiger partial charge >= 0.3 is 0 Å². The van der Waals surface area contributed by atoms with Crippen molar-refractivity contribution in [1.29, 1.82) is 0 Å². The fraction of sp³-hybridized carbons (Fsp3) is 0.0909. The Morgan fingerprint density at radius 1 is 1.03 bits per heavy atom. The van der Waals surface area contributed by atoms with Crippen molar-refractivity contribution in [2.75, 3.05) is 23.8 Å². The maximum atomic E-state index is 13.1. The molecule has 0 fully saturated rings. The molecular formula is C22H20N6O4S. The Morgan fingerprint density at radius 3 is 2.48 bits per heavy atom. The largest absolute Gasteiger partial charge is 0.495 e. The molecule has 0 radical (unpaired) electrons. The number of rotatable bonds is 7. The zero-order valence-corrected chi connectivity index (χ0v) is 18.6. The number of methoxy groups -OCH3 is 1. The predicted octanol–water partition coefficient (Wildman–Crippen LogP) is 2.75. The minimum Gasteiger partial charge on any atom is -0.495 e. The number of carbonyl (C=O) groups is 1. The van der Waals surface area contributed by atoms with Crippen LogP contribution >= 0.6 is 0 Å². The van der Waals surface area contributed by atoms with E-state index in [9.17, 15) is 13.2 Å². The van der Waals surface area contributed by atoms with Gasteiger partial charge in [-0.1, -0.05) is 18.2 Å². The van der Waals surface area contributed by atoms with Gasteiger partial charge in [0.05, 0.1) is 23.4 Å². The van der Waals surface area contributed by atoms with E-state index >= 15 is 0 Å². The first-order valence-electron chi connectivity index (χ1n) is 9.77. The average Bonchev–Trinajstić information content (AvgIpc) is 3.39. The molecule has 0 unspecified atom stereocenters. The molecule has 0 aliphatic heterocycles. The number of para-hydroxylation sites is 2. The first-order valence-corrected chi connectivity index (χ1v) is 11.2. The Hall–Kier alpha value is -4.25. The molecule has 1 amide bonds. The number of sulfonamides is 1. The van der Waals surface area contributed by atoms with Crippen LogP contribution in [0.4, 0.5) is 11.4 Å². The van der Waals surface area contributed by atoms with Crippen molar-refractivity contribution in [3.63, 3.8) is 0 Å². The van der Waals surface area contributed by atoms with Gasteiger partial charge in [-0.05, 0) is 65.0 Å². The number of tetrazole rings is 1.